The quantitative estimate of drug-likeness (QED) is 0.757. The monoisotopic (exact) mass is 388 g/mol. The average molecular weight is 388 g/mol. The number of amides is 2. The molecule has 0 bridgehead atoms. The zero-order chi connectivity index (χ0) is 19.2. The number of sulfonamides is 1. The number of hydrogen-bond acceptors (Lipinski definition) is 6. The Labute approximate surface area is 155 Å². The molecule has 2 amide bonds. The van der Waals surface area contributed by atoms with Crippen molar-refractivity contribution in [2.75, 3.05) is 18.1 Å². The lowest BCUT2D eigenvalue weighted by Crippen LogP contribution is -2.48. The molecule has 2 saturated heterocycles. The van der Waals surface area contributed by atoms with E-state index in [9.17, 15) is 22.8 Å². The summed E-state index contributed by atoms with van der Waals surface area (Å²) in [6.07, 6.45) is 6.09. The second-order valence-corrected chi connectivity index (χ2v) is 8.20. The molecule has 27 heavy (non-hydrogen) atoms. The number of nitrogens with zero attached hydrogens (tertiary/aromatic N) is 2. The van der Waals surface area contributed by atoms with Gasteiger partial charge in [-0.15, -0.1) is 0 Å². The number of carbonyl (C=O) groups is 3. The molecule has 0 unspecified atom stereocenters. The number of benzene rings is 1. The van der Waals surface area contributed by atoms with Crippen LogP contribution in [0.5, 0.6) is 0 Å². The van der Waals surface area contributed by atoms with E-state index in [0.29, 0.717) is 23.0 Å². The predicted molar refractivity (Wildman–Crippen MR) is 94.0 cm³/mol. The molecule has 0 saturated carbocycles. The second-order valence-electron chi connectivity index (χ2n) is 6.42. The van der Waals surface area contributed by atoms with Crippen molar-refractivity contribution < 1.29 is 27.5 Å². The van der Waals surface area contributed by atoms with E-state index in [1.54, 1.807) is 17.0 Å². The molecule has 4 rings (SSSR count). The number of carbonyl (C=O) groups excluding carboxylic acids is 3. The lowest BCUT2D eigenvalue weighted by Gasteiger charge is -2.31. The summed E-state index contributed by atoms with van der Waals surface area (Å²) in [5.41, 5.74) is -1.02. The summed E-state index contributed by atoms with van der Waals surface area (Å²) < 4.78 is 32.2. The molecule has 1 aromatic rings. The molecule has 1 spiro atoms. The van der Waals surface area contributed by atoms with Gasteiger partial charge in [-0.1, -0.05) is 0 Å². The normalized spacial score (nSPS) is 21.7. The SMILES string of the molecule is O=C1C=CC2(C=C1)OCC(=O)N2S(=O)(=O)c1ccc(N2CCCC2=O)cc1. The minimum atomic E-state index is -4.23. The molecule has 1 aliphatic carbocycles. The minimum absolute atomic E-state index is 0.00479. The highest BCUT2D eigenvalue weighted by atomic mass is 32.2. The molecular weight excluding hydrogens is 372 g/mol. The molecule has 8 nitrogen and oxygen atoms in total. The third-order valence-corrected chi connectivity index (χ3v) is 6.54. The number of allylic oxidation sites excluding steroid dienone is 2. The van der Waals surface area contributed by atoms with E-state index < -0.39 is 28.3 Å². The van der Waals surface area contributed by atoms with Crippen LogP contribution in [0.3, 0.4) is 0 Å². The van der Waals surface area contributed by atoms with Crippen molar-refractivity contribution in [3.8, 4) is 0 Å². The van der Waals surface area contributed by atoms with Crippen molar-refractivity contribution in [1.82, 2.24) is 4.31 Å². The van der Waals surface area contributed by atoms with Crippen LogP contribution in [0.2, 0.25) is 0 Å². The van der Waals surface area contributed by atoms with Crippen LogP contribution in [0.1, 0.15) is 12.8 Å². The summed E-state index contributed by atoms with van der Waals surface area (Å²) in [4.78, 5) is 37.0. The topological polar surface area (TPSA) is 101 Å². The van der Waals surface area contributed by atoms with E-state index in [0.717, 1.165) is 6.42 Å². The fourth-order valence-electron chi connectivity index (χ4n) is 3.38. The highest BCUT2D eigenvalue weighted by Crippen LogP contribution is 2.35. The molecule has 1 aromatic carbocycles. The van der Waals surface area contributed by atoms with Gasteiger partial charge in [0.2, 0.25) is 5.91 Å². The van der Waals surface area contributed by atoms with E-state index >= 15 is 0 Å². The third kappa shape index (κ3) is 2.79. The second kappa shape index (κ2) is 6.14. The maximum absolute atomic E-state index is 13.1. The van der Waals surface area contributed by atoms with Crippen LogP contribution >= 0.6 is 0 Å². The molecule has 2 aliphatic heterocycles. The van der Waals surface area contributed by atoms with Gasteiger partial charge in [0, 0.05) is 18.7 Å². The van der Waals surface area contributed by atoms with Gasteiger partial charge >= 0.3 is 0 Å². The van der Waals surface area contributed by atoms with Crippen LogP contribution in [-0.2, 0) is 29.1 Å². The Kier molecular flexibility index (Phi) is 4.01. The lowest BCUT2D eigenvalue weighted by atomic mass is 10.1. The van der Waals surface area contributed by atoms with E-state index in [1.807, 2.05) is 0 Å². The smallest absolute Gasteiger partial charge is 0.269 e. The van der Waals surface area contributed by atoms with E-state index in [1.165, 1.54) is 36.4 Å². The van der Waals surface area contributed by atoms with Gasteiger partial charge in [-0.05, 0) is 55.0 Å². The predicted octanol–water partition coefficient (Wildman–Crippen LogP) is 0.752. The fourth-order valence-corrected chi connectivity index (χ4v) is 4.94. The zero-order valence-corrected chi connectivity index (χ0v) is 15.0. The number of ketones is 1. The Morgan fingerprint density at radius 3 is 2.22 bits per heavy atom. The molecule has 3 aliphatic rings. The van der Waals surface area contributed by atoms with Gasteiger partial charge in [-0.2, -0.15) is 4.31 Å². The zero-order valence-electron chi connectivity index (χ0n) is 14.2. The van der Waals surface area contributed by atoms with Crippen LogP contribution in [0, 0.1) is 0 Å². The van der Waals surface area contributed by atoms with Crippen molar-refractivity contribution in [2.45, 2.75) is 23.5 Å². The highest BCUT2D eigenvalue weighted by Gasteiger charge is 2.51. The molecule has 140 valence electrons. The van der Waals surface area contributed by atoms with Crippen LogP contribution in [0.15, 0.2) is 53.5 Å². The van der Waals surface area contributed by atoms with Gasteiger partial charge in [0.05, 0.1) is 4.90 Å². The molecule has 9 heteroatoms. The standard InChI is InChI=1S/C18H16N2O6S/c21-14-7-9-18(10-8-14)20(17(23)12-26-18)27(24,25)15-5-3-13(4-6-15)19-11-1-2-16(19)22/h3-10H,1-2,11-12H2. The average Bonchev–Trinajstić information content (AvgIpc) is 3.22. The maximum Gasteiger partial charge on any atom is 0.269 e. The van der Waals surface area contributed by atoms with Crippen LogP contribution < -0.4 is 4.90 Å². The molecule has 0 aromatic heterocycles. The Morgan fingerprint density at radius 1 is 0.963 bits per heavy atom. The van der Waals surface area contributed by atoms with E-state index in [4.69, 9.17) is 4.74 Å². The highest BCUT2D eigenvalue weighted by molar-refractivity contribution is 7.89. The van der Waals surface area contributed by atoms with Gasteiger partial charge < -0.3 is 9.64 Å². The molecule has 2 fully saturated rings. The van der Waals surface area contributed by atoms with E-state index in [-0.39, 0.29) is 16.6 Å². The van der Waals surface area contributed by atoms with Crippen LogP contribution in [-0.4, -0.2) is 49.2 Å². The summed E-state index contributed by atoms with van der Waals surface area (Å²) in [6.45, 7) is 0.179. The molecule has 0 N–H and O–H groups in total. The largest absolute Gasteiger partial charge is 0.337 e. The van der Waals surface area contributed by atoms with Crippen molar-refractivity contribution in [3.63, 3.8) is 0 Å². The van der Waals surface area contributed by atoms with Crippen molar-refractivity contribution in [2.24, 2.45) is 0 Å². The van der Waals surface area contributed by atoms with E-state index in [2.05, 4.69) is 0 Å². The molecule has 0 atom stereocenters. The fraction of sp³-hybridized carbons (Fsp3) is 0.278. The van der Waals surface area contributed by atoms with Gasteiger partial charge in [-0.3, -0.25) is 14.4 Å². The molecule has 2 heterocycles. The van der Waals surface area contributed by atoms with Gasteiger partial charge in [0.1, 0.15) is 6.61 Å². The maximum atomic E-state index is 13.1. The first-order valence-electron chi connectivity index (χ1n) is 8.39. The Hall–Kier alpha value is -2.78. The summed E-state index contributed by atoms with van der Waals surface area (Å²) >= 11 is 0. The molecule has 0 radical (unpaired) electrons. The Morgan fingerprint density at radius 2 is 1.63 bits per heavy atom. The molecular formula is C18H16N2O6S. The summed E-state index contributed by atoms with van der Waals surface area (Å²) in [5, 5.41) is 0. The van der Waals surface area contributed by atoms with Crippen molar-refractivity contribution in [3.05, 3.63) is 48.6 Å². The number of hydrogen-bond donors (Lipinski definition) is 0. The first-order chi connectivity index (χ1) is 12.8. The third-order valence-electron chi connectivity index (χ3n) is 4.70. The minimum Gasteiger partial charge on any atom is -0.337 e. The van der Waals surface area contributed by atoms with Crippen LogP contribution in [0.25, 0.3) is 0 Å². The Bertz CT molecular complexity index is 977. The van der Waals surface area contributed by atoms with Gasteiger partial charge in [0.15, 0.2) is 11.5 Å². The van der Waals surface area contributed by atoms with Gasteiger partial charge in [-0.25, -0.2) is 8.42 Å². The first-order valence-corrected chi connectivity index (χ1v) is 9.83. The number of anilines is 1. The summed E-state index contributed by atoms with van der Waals surface area (Å²) in [7, 11) is -4.23. The Balaban J connectivity index is 1.69. The lowest BCUT2D eigenvalue weighted by molar-refractivity contribution is -0.124. The summed E-state index contributed by atoms with van der Waals surface area (Å²) in [6, 6.07) is 5.80. The summed E-state index contributed by atoms with van der Waals surface area (Å²) in [5.74, 6) is -1.05. The number of rotatable bonds is 3. The van der Waals surface area contributed by atoms with Gasteiger partial charge in [0.25, 0.3) is 15.9 Å². The van der Waals surface area contributed by atoms with Crippen molar-refractivity contribution in [1.29, 1.82) is 0 Å². The van der Waals surface area contributed by atoms with Crippen molar-refractivity contribution >= 4 is 33.3 Å². The van der Waals surface area contributed by atoms with Crippen LogP contribution in [0.4, 0.5) is 5.69 Å². The first kappa shape index (κ1) is 17.6. The number of ether oxygens (including phenoxy) is 1.